The zero-order valence-corrected chi connectivity index (χ0v) is 11.2. The second kappa shape index (κ2) is 6.24. The monoisotopic (exact) mass is 261 g/mol. The van der Waals surface area contributed by atoms with Gasteiger partial charge in [-0.3, -0.25) is 0 Å². The van der Waals surface area contributed by atoms with Crippen molar-refractivity contribution in [2.45, 2.75) is 13.5 Å². The van der Waals surface area contributed by atoms with Crippen molar-refractivity contribution in [1.82, 2.24) is 15.6 Å². The van der Waals surface area contributed by atoms with Crippen LogP contribution in [0.4, 0.5) is 4.79 Å². The molecule has 1 aromatic carbocycles. The molecule has 0 atom stereocenters. The van der Waals surface area contributed by atoms with Crippen molar-refractivity contribution < 1.29 is 9.53 Å². The SMILES string of the molecule is COCCNC(=O)NCc1ccc2[nH]c(C)cc2c1. The molecular weight excluding hydrogens is 242 g/mol. The molecule has 2 rings (SSSR count). The third-order valence-electron chi connectivity index (χ3n) is 2.86. The number of H-pyrrole nitrogens is 1. The molecule has 1 heterocycles. The van der Waals surface area contributed by atoms with Crippen LogP contribution in [-0.2, 0) is 11.3 Å². The minimum atomic E-state index is -0.178. The van der Waals surface area contributed by atoms with E-state index in [0.717, 1.165) is 22.2 Å². The van der Waals surface area contributed by atoms with Gasteiger partial charge < -0.3 is 20.4 Å². The molecule has 0 unspecified atom stereocenters. The number of aromatic nitrogens is 1. The second-order valence-corrected chi connectivity index (χ2v) is 4.48. The Morgan fingerprint density at radius 1 is 1.32 bits per heavy atom. The summed E-state index contributed by atoms with van der Waals surface area (Å²) < 4.78 is 4.86. The van der Waals surface area contributed by atoms with Gasteiger partial charge in [-0.2, -0.15) is 0 Å². The van der Waals surface area contributed by atoms with Crippen molar-refractivity contribution in [3.05, 3.63) is 35.5 Å². The number of hydrogen-bond acceptors (Lipinski definition) is 2. The number of hydrogen-bond donors (Lipinski definition) is 3. The molecule has 1 aromatic heterocycles. The Bertz CT molecular complexity index is 563. The Kier molecular flexibility index (Phi) is 4.41. The average molecular weight is 261 g/mol. The first-order valence-corrected chi connectivity index (χ1v) is 6.28. The van der Waals surface area contributed by atoms with Crippen LogP contribution in [0, 0.1) is 6.92 Å². The van der Waals surface area contributed by atoms with E-state index < -0.39 is 0 Å². The van der Waals surface area contributed by atoms with Crippen molar-refractivity contribution in [3.63, 3.8) is 0 Å². The number of methoxy groups -OCH3 is 1. The fraction of sp³-hybridized carbons (Fsp3) is 0.357. The highest BCUT2D eigenvalue weighted by Crippen LogP contribution is 2.16. The van der Waals surface area contributed by atoms with Gasteiger partial charge in [0.05, 0.1) is 6.61 Å². The normalized spacial score (nSPS) is 10.6. The largest absolute Gasteiger partial charge is 0.383 e. The molecule has 5 nitrogen and oxygen atoms in total. The second-order valence-electron chi connectivity index (χ2n) is 4.48. The number of aryl methyl sites for hydroxylation is 1. The van der Waals surface area contributed by atoms with Crippen LogP contribution in [-0.4, -0.2) is 31.3 Å². The molecule has 0 aliphatic heterocycles. The van der Waals surface area contributed by atoms with Crippen LogP contribution in [0.15, 0.2) is 24.3 Å². The molecular formula is C14H19N3O2. The number of benzene rings is 1. The fourth-order valence-corrected chi connectivity index (χ4v) is 1.95. The van der Waals surface area contributed by atoms with E-state index in [2.05, 4.69) is 27.8 Å². The van der Waals surface area contributed by atoms with Crippen molar-refractivity contribution >= 4 is 16.9 Å². The molecule has 3 N–H and O–H groups in total. The molecule has 19 heavy (non-hydrogen) atoms. The lowest BCUT2D eigenvalue weighted by molar-refractivity contribution is 0.196. The lowest BCUT2D eigenvalue weighted by Gasteiger charge is -2.07. The first-order valence-electron chi connectivity index (χ1n) is 6.28. The minimum absolute atomic E-state index is 0.178. The summed E-state index contributed by atoms with van der Waals surface area (Å²) in [5.41, 5.74) is 3.33. The molecule has 102 valence electrons. The molecule has 5 heteroatoms. The van der Waals surface area contributed by atoms with Gasteiger partial charge in [-0.15, -0.1) is 0 Å². The van der Waals surface area contributed by atoms with E-state index in [9.17, 15) is 4.79 Å². The molecule has 0 saturated carbocycles. The number of aromatic amines is 1. The third kappa shape index (κ3) is 3.72. The predicted molar refractivity (Wildman–Crippen MR) is 75.2 cm³/mol. The Balaban J connectivity index is 1.88. The first kappa shape index (κ1) is 13.4. The summed E-state index contributed by atoms with van der Waals surface area (Å²) in [6.45, 7) is 3.57. The summed E-state index contributed by atoms with van der Waals surface area (Å²) in [7, 11) is 1.60. The smallest absolute Gasteiger partial charge is 0.315 e. The standard InChI is InChI=1S/C14H19N3O2/c1-10-7-12-8-11(3-4-13(12)17-10)9-16-14(18)15-5-6-19-2/h3-4,7-8,17H,5-6,9H2,1-2H3,(H2,15,16,18). The van der Waals surface area contributed by atoms with Crippen LogP contribution in [0.5, 0.6) is 0 Å². The van der Waals surface area contributed by atoms with Crippen molar-refractivity contribution in [2.24, 2.45) is 0 Å². The van der Waals surface area contributed by atoms with Crippen molar-refractivity contribution in [1.29, 1.82) is 0 Å². The maximum absolute atomic E-state index is 11.5. The maximum Gasteiger partial charge on any atom is 0.315 e. The van der Waals surface area contributed by atoms with Gasteiger partial charge in [0.15, 0.2) is 0 Å². The molecule has 0 radical (unpaired) electrons. The molecule has 2 aromatic rings. The van der Waals surface area contributed by atoms with E-state index in [1.54, 1.807) is 7.11 Å². The van der Waals surface area contributed by atoms with Gasteiger partial charge in [-0.1, -0.05) is 6.07 Å². The van der Waals surface area contributed by atoms with Crippen LogP contribution in [0.2, 0.25) is 0 Å². The van der Waals surface area contributed by atoms with Crippen LogP contribution < -0.4 is 10.6 Å². The average Bonchev–Trinajstić information content (AvgIpc) is 2.76. The third-order valence-corrected chi connectivity index (χ3v) is 2.86. The van der Waals surface area contributed by atoms with Gasteiger partial charge in [0.2, 0.25) is 0 Å². The lowest BCUT2D eigenvalue weighted by Crippen LogP contribution is -2.36. The molecule has 0 saturated heterocycles. The maximum atomic E-state index is 11.5. The Morgan fingerprint density at radius 2 is 2.16 bits per heavy atom. The zero-order valence-electron chi connectivity index (χ0n) is 11.2. The Hall–Kier alpha value is -2.01. The van der Waals surface area contributed by atoms with Gasteiger partial charge in [0, 0.05) is 31.4 Å². The summed E-state index contributed by atoms with van der Waals surface area (Å²) in [6.07, 6.45) is 0. The Morgan fingerprint density at radius 3 is 2.95 bits per heavy atom. The molecule has 0 spiro atoms. The number of rotatable bonds is 5. The number of nitrogens with one attached hydrogen (secondary N) is 3. The molecule has 0 bridgehead atoms. The van der Waals surface area contributed by atoms with Crippen molar-refractivity contribution in [2.75, 3.05) is 20.3 Å². The molecule has 0 fully saturated rings. The predicted octanol–water partition coefficient (Wildman–Crippen LogP) is 1.92. The summed E-state index contributed by atoms with van der Waals surface area (Å²) >= 11 is 0. The van der Waals surface area contributed by atoms with Gasteiger partial charge in [0.1, 0.15) is 0 Å². The number of carbonyl (C=O) groups excluding carboxylic acids is 1. The van der Waals surface area contributed by atoms with E-state index in [1.165, 1.54) is 0 Å². The quantitative estimate of drug-likeness (QED) is 0.720. The molecule has 2 amide bonds. The lowest BCUT2D eigenvalue weighted by atomic mass is 10.1. The highest BCUT2D eigenvalue weighted by atomic mass is 16.5. The van der Waals surface area contributed by atoms with Gasteiger partial charge in [0.25, 0.3) is 0 Å². The summed E-state index contributed by atoms with van der Waals surface area (Å²) in [5, 5.41) is 6.69. The van der Waals surface area contributed by atoms with E-state index in [4.69, 9.17) is 4.74 Å². The molecule has 0 aliphatic carbocycles. The van der Waals surface area contributed by atoms with Gasteiger partial charge in [-0.05, 0) is 36.1 Å². The number of carbonyl (C=O) groups is 1. The fourth-order valence-electron chi connectivity index (χ4n) is 1.95. The molecule has 0 aliphatic rings. The first-order chi connectivity index (χ1) is 9.19. The van der Waals surface area contributed by atoms with Crippen molar-refractivity contribution in [3.8, 4) is 0 Å². The van der Waals surface area contributed by atoms with Crippen LogP contribution >= 0.6 is 0 Å². The van der Waals surface area contributed by atoms with E-state index in [1.807, 2.05) is 19.1 Å². The number of ether oxygens (including phenoxy) is 1. The van der Waals surface area contributed by atoms with E-state index in [-0.39, 0.29) is 6.03 Å². The van der Waals surface area contributed by atoms with E-state index >= 15 is 0 Å². The van der Waals surface area contributed by atoms with Crippen LogP contribution in [0.25, 0.3) is 10.9 Å². The number of urea groups is 1. The minimum Gasteiger partial charge on any atom is -0.383 e. The van der Waals surface area contributed by atoms with Crippen LogP contribution in [0.3, 0.4) is 0 Å². The van der Waals surface area contributed by atoms with Gasteiger partial charge in [-0.25, -0.2) is 4.79 Å². The zero-order chi connectivity index (χ0) is 13.7. The topological polar surface area (TPSA) is 66.2 Å². The highest BCUT2D eigenvalue weighted by Gasteiger charge is 2.02. The van der Waals surface area contributed by atoms with E-state index in [0.29, 0.717) is 19.7 Å². The highest BCUT2D eigenvalue weighted by molar-refractivity contribution is 5.81. The van der Waals surface area contributed by atoms with Gasteiger partial charge >= 0.3 is 6.03 Å². The summed E-state index contributed by atoms with van der Waals surface area (Å²) in [6, 6.07) is 8.03. The van der Waals surface area contributed by atoms with Crippen LogP contribution in [0.1, 0.15) is 11.3 Å². The number of fused-ring (bicyclic) bond motifs is 1. The summed E-state index contributed by atoms with van der Waals surface area (Å²) in [4.78, 5) is 14.7. The Labute approximate surface area is 112 Å². The summed E-state index contributed by atoms with van der Waals surface area (Å²) in [5.74, 6) is 0. The number of amides is 2.